The van der Waals surface area contributed by atoms with E-state index in [1.165, 1.54) is 4.88 Å². The molecule has 4 rings (SSSR count). The number of hydrogen-bond acceptors (Lipinski definition) is 3. The first kappa shape index (κ1) is 15.4. The molecule has 2 amide bonds. The summed E-state index contributed by atoms with van der Waals surface area (Å²) >= 11 is 1.67. The molecule has 0 radical (unpaired) electrons. The van der Waals surface area contributed by atoms with E-state index < -0.39 is 0 Å². The van der Waals surface area contributed by atoms with Crippen molar-refractivity contribution in [1.29, 1.82) is 0 Å². The fraction of sp³-hybridized carbons (Fsp3) is 0.444. The number of aromatic nitrogens is 1. The smallest absolute Gasteiger partial charge is 0.270 e. The number of amides is 2. The van der Waals surface area contributed by atoms with Gasteiger partial charge in [-0.05, 0) is 43.2 Å². The molecule has 6 heteroatoms. The second kappa shape index (κ2) is 6.43. The average Bonchev–Trinajstić information content (AvgIpc) is 3.09. The zero-order chi connectivity index (χ0) is 16.5. The molecular weight excluding hydrogens is 322 g/mol. The van der Waals surface area contributed by atoms with Crippen LogP contribution in [0.2, 0.25) is 0 Å². The van der Waals surface area contributed by atoms with E-state index in [1.54, 1.807) is 23.6 Å². The van der Waals surface area contributed by atoms with E-state index >= 15 is 0 Å². The quantitative estimate of drug-likeness (QED) is 0.907. The van der Waals surface area contributed by atoms with Gasteiger partial charge in [-0.25, -0.2) is 0 Å². The SMILES string of the molecule is O=C(c1cc(C(=O)N(Cc2cccs2)C2CC2)c[nH]1)N1CCCC1. The molecule has 0 atom stereocenters. The van der Waals surface area contributed by atoms with Crippen molar-refractivity contribution in [3.05, 3.63) is 45.9 Å². The van der Waals surface area contributed by atoms with E-state index in [1.807, 2.05) is 21.2 Å². The topological polar surface area (TPSA) is 56.4 Å². The van der Waals surface area contributed by atoms with Crippen LogP contribution in [0.5, 0.6) is 0 Å². The molecule has 0 aromatic carbocycles. The number of aromatic amines is 1. The zero-order valence-corrected chi connectivity index (χ0v) is 14.3. The summed E-state index contributed by atoms with van der Waals surface area (Å²) in [5, 5.41) is 2.04. The van der Waals surface area contributed by atoms with Crippen LogP contribution in [0.15, 0.2) is 29.8 Å². The molecule has 0 bridgehead atoms. The van der Waals surface area contributed by atoms with Gasteiger partial charge in [-0.15, -0.1) is 11.3 Å². The van der Waals surface area contributed by atoms with Crippen LogP contribution in [-0.2, 0) is 6.54 Å². The molecule has 0 unspecified atom stereocenters. The predicted molar refractivity (Wildman–Crippen MR) is 93.1 cm³/mol. The van der Waals surface area contributed by atoms with Gasteiger partial charge in [0.1, 0.15) is 5.69 Å². The molecule has 126 valence electrons. The molecule has 1 saturated carbocycles. The lowest BCUT2D eigenvalue weighted by atomic mass is 10.2. The number of likely N-dealkylation sites (tertiary alicyclic amines) is 1. The highest BCUT2D eigenvalue weighted by atomic mass is 32.1. The highest BCUT2D eigenvalue weighted by Gasteiger charge is 2.34. The summed E-state index contributed by atoms with van der Waals surface area (Å²) in [5.41, 5.74) is 1.10. The lowest BCUT2D eigenvalue weighted by Crippen LogP contribution is -2.32. The Labute approximate surface area is 145 Å². The summed E-state index contributed by atoms with van der Waals surface area (Å²) in [4.78, 5) is 33.3. The van der Waals surface area contributed by atoms with Crippen molar-refractivity contribution in [2.75, 3.05) is 13.1 Å². The number of rotatable bonds is 5. The van der Waals surface area contributed by atoms with Gasteiger partial charge in [0.2, 0.25) is 0 Å². The van der Waals surface area contributed by atoms with Gasteiger partial charge in [-0.1, -0.05) is 6.07 Å². The molecule has 2 aromatic rings. The molecule has 0 spiro atoms. The van der Waals surface area contributed by atoms with E-state index in [2.05, 4.69) is 11.1 Å². The molecule has 1 N–H and O–H groups in total. The average molecular weight is 343 g/mol. The van der Waals surface area contributed by atoms with Crippen molar-refractivity contribution in [2.45, 2.75) is 38.3 Å². The number of carbonyl (C=O) groups excluding carboxylic acids is 2. The standard InChI is InChI=1S/C18H21N3O2S/c22-17(21(14-5-6-14)12-15-4-3-9-24-15)13-10-16(19-11-13)18(23)20-7-1-2-8-20/h3-4,9-11,14,19H,1-2,5-8,12H2. The summed E-state index contributed by atoms with van der Waals surface area (Å²) in [6.07, 6.45) is 5.95. The van der Waals surface area contributed by atoms with Crippen LogP contribution in [0.4, 0.5) is 0 Å². The molecule has 2 aromatic heterocycles. The van der Waals surface area contributed by atoms with Crippen molar-refractivity contribution in [1.82, 2.24) is 14.8 Å². The van der Waals surface area contributed by atoms with Crippen LogP contribution in [0.3, 0.4) is 0 Å². The van der Waals surface area contributed by atoms with E-state index in [0.717, 1.165) is 38.8 Å². The van der Waals surface area contributed by atoms with E-state index in [-0.39, 0.29) is 11.8 Å². The molecule has 24 heavy (non-hydrogen) atoms. The first-order chi connectivity index (χ1) is 11.7. The van der Waals surface area contributed by atoms with Gasteiger partial charge < -0.3 is 14.8 Å². The van der Waals surface area contributed by atoms with Gasteiger partial charge >= 0.3 is 0 Å². The minimum atomic E-state index is 0.00257. The molecule has 1 aliphatic heterocycles. The minimum absolute atomic E-state index is 0.00257. The van der Waals surface area contributed by atoms with Crippen LogP contribution in [0, 0.1) is 0 Å². The van der Waals surface area contributed by atoms with E-state index in [4.69, 9.17) is 0 Å². The highest BCUT2D eigenvalue weighted by molar-refractivity contribution is 7.09. The number of hydrogen-bond donors (Lipinski definition) is 1. The minimum Gasteiger partial charge on any atom is -0.356 e. The molecule has 2 aliphatic rings. The zero-order valence-electron chi connectivity index (χ0n) is 13.5. The number of carbonyl (C=O) groups is 2. The number of nitrogens with one attached hydrogen (secondary N) is 1. The van der Waals surface area contributed by atoms with Gasteiger partial charge in [0.05, 0.1) is 12.1 Å². The van der Waals surface area contributed by atoms with Crippen LogP contribution >= 0.6 is 11.3 Å². The van der Waals surface area contributed by atoms with E-state index in [9.17, 15) is 9.59 Å². The predicted octanol–water partition coefficient (Wildman–Crippen LogP) is 3.12. The highest BCUT2D eigenvalue weighted by Crippen LogP contribution is 2.30. The number of thiophene rings is 1. The molecular formula is C18H21N3O2S. The van der Waals surface area contributed by atoms with Crippen molar-refractivity contribution >= 4 is 23.2 Å². The van der Waals surface area contributed by atoms with Gasteiger partial charge in [0.15, 0.2) is 0 Å². The summed E-state index contributed by atoms with van der Waals surface area (Å²) < 4.78 is 0. The maximum Gasteiger partial charge on any atom is 0.270 e. The Morgan fingerprint density at radius 2 is 2.08 bits per heavy atom. The largest absolute Gasteiger partial charge is 0.356 e. The van der Waals surface area contributed by atoms with Crippen LogP contribution in [0.1, 0.15) is 51.4 Å². The summed E-state index contributed by atoms with van der Waals surface area (Å²) in [7, 11) is 0. The molecule has 5 nitrogen and oxygen atoms in total. The Morgan fingerprint density at radius 1 is 1.29 bits per heavy atom. The Morgan fingerprint density at radius 3 is 2.75 bits per heavy atom. The second-order valence-corrected chi connectivity index (χ2v) is 7.58. The molecule has 2 fully saturated rings. The van der Waals surface area contributed by atoms with Crippen LogP contribution in [0.25, 0.3) is 0 Å². The third kappa shape index (κ3) is 3.11. The van der Waals surface area contributed by atoms with Crippen molar-refractivity contribution in [3.8, 4) is 0 Å². The van der Waals surface area contributed by atoms with Crippen LogP contribution in [-0.4, -0.2) is 45.7 Å². The van der Waals surface area contributed by atoms with Crippen molar-refractivity contribution in [3.63, 3.8) is 0 Å². The normalized spacial score (nSPS) is 17.2. The first-order valence-electron chi connectivity index (χ1n) is 8.53. The summed E-state index contributed by atoms with van der Waals surface area (Å²) in [6.45, 7) is 2.28. The maximum absolute atomic E-state index is 12.9. The lowest BCUT2D eigenvalue weighted by Gasteiger charge is -2.21. The summed E-state index contributed by atoms with van der Waals surface area (Å²) in [6, 6.07) is 6.13. The monoisotopic (exact) mass is 343 g/mol. The lowest BCUT2D eigenvalue weighted by molar-refractivity contribution is 0.0732. The Hall–Kier alpha value is -2.08. The fourth-order valence-corrected chi connectivity index (χ4v) is 3.92. The molecule has 1 aliphatic carbocycles. The number of nitrogens with zero attached hydrogens (tertiary/aromatic N) is 2. The fourth-order valence-electron chi connectivity index (χ4n) is 3.22. The van der Waals surface area contributed by atoms with Gasteiger partial charge in [0, 0.05) is 30.2 Å². The van der Waals surface area contributed by atoms with Gasteiger partial charge in [0.25, 0.3) is 11.8 Å². The van der Waals surface area contributed by atoms with Crippen molar-refractivity contribution in [2.24, 2.45) is 0 Å². The third-order valence-electron chi connectivity index (χ3n) is 4.71. The Balaban J connectivity index is 1.49. The Kier molecular flexibility index (Phi) is 4.14. The molecule has 1 saturated heterocycles. The Bertz CT molecular complexity index is 727. The summed E-state index contributed by atoms with van der Waals surface area (Å²) in [5.74, 6) is 0.0189. The maximum atomic E-state index is 12.9. The second-order valence-electron chi connectivity index (χ2n) is 6.54. The third-order valence-corrected chi connectivity index (χ3v) is 5.57. The number of H-pyrrole nitrogens is 1. The van der Waals surface area contributed by atoms with Gasteiger partial charge in [-0.3, -0.25) is 9.59 Å². The van der Waals surface area contributed by atoms with Crippen LogP contribution < -0.4 is 0 Å². The van der Waals surface area contributed by atoms with E-state index in [0.29, 0.717) is 23.8 Å². The molecule has 3 heterocycles. The first-order valence-corrected chi connectivity index (χ1v) is 9.41. The van der Waals surface area contributed by atoms with Gasteiger partial charge in [-0.2, -0.15) is 0 Å². The van der Waals surface area contributed by atoms with Crippen molar-refractivity contribution < 1.29 is 9.59 Å².